The Morgan fingerprint density at radius 2 is 2.16 bits per heavy atom. The lowest BCUT2D eigenvalue weighted by Gasteiger charge is -2.30. The molecular weight excluding hydrogens is 246 g/mol. The first-order valence-electron chi connectivity index (χ1n) is 7.09. The molecule has 19 heavy (non-hydrogen) atoms. The SMILES string of the molecule is CCN(Cc1cccc(F)c1F)CC1CCCCN1. The average Bonchev–Trinajstić information content (AvgIpc) is 2.44. The number of likely N-dealkylation sites (N-methyl/N-ethyl adjacent to an activating group) is 1. The zero-order chi connectivity index (χ0) is 13.7. The molecule has 1 N–H and O–H groups in total. The lowest BCUT2D eigenvalue weighted by molar-refractivity contribution is 0.223. The van der Waals surface area contributed by atoms with E-state index in [9.17, 15) is 8.78 Å². The molecule has 1 aromatic rings. The number of rotatable bonds is 5. The van der Waals surface area contributed by atoms with Crippen LogP contribution in [-0.4, -0.2) is 30.6 Å². The fourth-order valence-electron chi connectivity index (χ4n) is 2.61. The zero-order valence-electron chi connectivity index (χ0n) is 11.5. The first-order chi connectivity index (χ1) is 9.20. The van der Waals surface area contributed by atoms with Crippen LogP contribution in [0.2, 0.25) is 0 Å². The van der Waals surface area contributed by atoms with Gasteiger partial charge in [0.2, 0.25) is 0 Å². The smallest absolute Gasteiger partial charge is 0.163 e. The molecular formula is C15H22F2N2. The molecule has 4 heteroatoms. The molecule has 2 rings (SSSR count). The summed E-state index contributed by atoms with van der Waals surface area (Å²) in [5.74, 6) is -1.47. The summed E-state index contributed by atoms with van der Waals surface area (Å²) >= 11 is 0. The quantitative estimate of drug-likeness (QED) is 0.883. The maximum absolute atomic E-state index is 13.7. The fraction of sp³-hybridized carbons (Fsp3) is 0.600. The minimum atomic E-state index is -0.760. The van der Waals surface area contributed by atoms with Crippen LogP contribution in [0.3, 0.4) is 0 Å². The van der Waals surface area contributed by atoms with Gasteiger partial charge in [-0.2, -0.15) is 0 Å². The van der Waals surface area contributed by atoms with Gasteiger partial charge in [0.25, 0.3) is 0 Å². The molecule has 0 amide bonds. The highest BCUT2D eigenvalue weighted by molar-refractivity contribution is 5.18. The van der Waals surface area contributed by atoms with E-state index in [1.807, 2.05) is 0 Å². The number of hydrogen-bond donors (Lipinski definition) is 1. The number of nitrogens with one attached hydrogen (secondary N) is 1. The maximum atomic E-state index is 13.7. The Kier molecular flexibility index (Phi) is 5.28. The number of hydrogen-bond acceptors (Lipinski definition) is 2. The van der Waals surface area contributed by atoms with E-state index in [4.69, 9.17) is 0 Å². The summed E-state index contributed by atoms with van der Waals surface area (Å²) in [6, 6.07) is 4.87. The Labute approximate surface area is 113 Å². The predicted octanol–water partition coefficient (Wildman–Crippen LogP) is 2.93. The van der Waals surface area contributed by atoms with E-state index in [0.717, 1.165) is 25.7 Å². The molecule has 1 unspecified atom stereocenters. The van der Waals surface area contributed by atoms with Crippen molar-refractivity contribution < 1.29 is 8.78 Å². The summed E-state index contributed by atoms with van der Waals surface area (Å²) in [4.78, 5) is 2.17. The maximum Gasteiger partial charge on any atom is 0.163 e. The summed E-state index contributed by atoms with van der Waals surface area (Å²) in [6.45, 7) is 5.33. The zero-order valence-corrected chi connectivity index (χ0v) is 11.5. The van der Waals surface area contributed by atoms with E-state index in [1.54, 1.807) is 12.1 Å². The average molecular weight is 268 g/mol. The van der Waals surface area contributed by atoms with Gasteiger partial charge in [-0.15, -0.1) is 0 Å². The first-order valence-corrected chi connectivity index (χ1v) is 7.09. The van der Waals surface area contributed by atoms with Crippen LogP contribution in [0.25, 0.3) is 0 Å². The van der Waals surface area contributed by atoms with E-state index < -0.39 is 11.6 Å². The fourth-order valence-corrected chi connectivity index (χ4v) is 2.61. The number of halogens is 2. The van der Waals surface area contributed by atoms with E-state index >= 15 is 0 Å². The van der Waals surface area contributed by atoms with Gasteiger partial charge in [-0.1, -0.05) is 25.5 Å². The molecule has 0 spiro atoms. The highest BCUT2D eigenvalue weighted by atomic mass is 19.2. The standard InChI is InChI=1S/C15H22F2N2/c1-2-19(11-13-7-3-4-9-18-13)10-12-6-5-8-14(16)15(12)17/h5-6,8,13,18H,2-4,7,9-11H2,1H3. The number of piperidine rings is 1. The lowest BCUT2D eigenvalue weighted by Crippen LogP contribution is -2.43. The molecule has 0 radical (unpaired) electrons. The number of benzene rings is 1. The van der Waals surface area contributed by atoms with Crippen LogP contribution in [0.5, 0.6) is 0 Å². The van der Waals surface area contributed by atoms with Crippen LogP contribution in [-0.2, 0) is 6.54 Å². The molecule has 1 aliphatic rings. The molecule has 0 saturated carbocycles. The molecule has 1 aliphatic heterocycles. The minimum Gasteiger partial charge on any atom is -0.313 e. The molecule has 1 aromatic carbocycles. The molecule has 0 aromatic heterocycles. The van der Waals surface area contributed by atoms with Gasteiger partial charge in [-0.25, -0.2) is 8.78 Å². The third-order valence-corrected chi connectivity index (χ3v) is 3.76. The Bertz CT molecular complexity index is 403. The monoisotopic (exact) mass is 268 g/mol. The lowest BCUT2D eigenvalue weighted by atomic mass is 10.0. The van der Waals surface area contributed by atoms with Crippen LogP contribution in [0.1, 0.15) is 31.7 Å². The van der Waals surface area contributed by atoms with Crippen molar-refractivity contribution in [2.45, 2.75) is 38.8 Å². The Balaban J connectivity index is 1.96. The summed E-state index contributed by atoms with van der Waals surface area (Å²) < 4.78 is 26.8. The third-order valence-electron chi connectivity index (χ3n) is 3.76. The Hall–Kier alpha value is -1.00. The Morgan fingerprint density at radius 3 is 2.84 bits per heavy atom. The highest BCUT2D eigenvalue weighted by Crippen LogP contribution is 2.15. The van der Waals surface area contributed by atoms with E-state index in [1.165, 1.54) is 19.3 Å². The second kappa shape index (κ2) is 6.96. The van der Waals surface area contributed by atoms with E-state index in [2.05, 4.69) is 17.1 Å². The van der Waals surface area contributed by atoms with Crippen LogP contribution in [0.4, 0.5) is 8.78 Å². The van der Waals surface area contributed by atoms with Gasteiger partial charge in [-0.3, -0.25) is 4.90 Å². The summed E-state index contributed by atoms with van der Waals surface area (Å²) in [5.41, 5.74) is 0.442. The predicted molar refractivity (Wildman–Crippen MR) is 73.0 cm³/mol. The minimum absolute atomic E-state index is 0.442. The summed E-state index contributed by atoms with van der Waals surface area (Å²) in [5, 5.41) is 3.49. The van der Waals surface area contributed by atoms with Gasteiger partial charge in [0, 0.05) is 24.7 Å². The van der Waals surface area contributed by atoms with Gasteiger partial charge in [0.15, 0.2) is 11.6 Å². The molecule has 2 nitrogen and oxygen atoms in total. The van der Waals surface area contributed by atoms with Crippen molar-refractivity contribution in [3.8, 4) is 0 Å². The van der Waals surface area contributed by atoms with Gasteiger partial charge in [0.1, 0.15) is 0 Å². The summed E-state index contributed by atoms with van der Waals surface area (Å²) in [6.07, 6.45) is 3.66. The van der Waals surface area contributed by atoms with Gasteiger partial charge in [-0.05, 0) is 32.0 Å². The van der Waals surface area contributed by atoms with Crippen LogP contribution >= 0.6 is 0 Å². The van der Waals surface area contributed by atoms with Crippen molar-refractivity contribution in [1.82, 2.24) is 10.2 Å². The normalized spacial score (nSPS) is 19.9. The van der Waals surface area contributed by atoms with Crippen molar-refractivity contribution in [3.63, 3.8) is 0 Å². The molecule has 1 saturated heterocycles. The van der Waals surface area contributed by atoms with Gasteiger partial charge < -0.3 is 5.32 Å². The molecule has 0 aliphatic carbocycles. The van der Waals surface area contributed by atoms with E-state index in [-0.39, 0.29) is 0 Å². The van der Waals surface area contributed by atoms with Crippen LogP contribution in [0.15, 0.2) is 18.2 Å². The molecule has 0 bridgehead atoms. The highest BCUT2D eigenvalue weighted by Gasteiger charge is 2.17. The van der Waals surface area contributed by atoms with Crippen LogP contribution < -0.4 is 5.32 Å². The van der Waals surface area contributed by atoms with Crippen molar-refractivity contribution in [2.24, 2.45) is 0 Å². The van der Waals surface area contributed by atoms with Crippen molar-refractivity contribution in [3.05, 3.63) is 35.4 Å². The van der Waals surface area contributed by atoms with Crippen LogP contribution in [0, 0.1) is 11.6 Å². The largest absolute Gasteiger partial charge is 0.313 e. The van der Waals surface area contributed by atoms with Crippen molar-refractivity contribution in [1.29, 1.82) is 0 Å². The van der Waals surface area contributed by atoms with Crippen molar-refractivity contribution >= 4 is 0 Å². The molecule has 1 atom stereocenters. The van der Waals surface area contributed by atoms with E-state index in [0.29, 0.717) is 18.2 Å². The molecule has 1 fully saturated rings. The number of nitrogens with zero attached hydrogens (tertiary/aromatic N) is 1. The summed E-state index contributed by atoms with van der Waals surface area (Å²) in [7, 11) is 0. The van der Waals surface area contributed by atoms with Crippen molar-refractivity contribution in [2.75, 3.05) is 19.6 Å². The molecule has 106 valence electrons. The topological polar surface area (TPSA) is 15.3 Å². The molecule has 1 heterocycles. The van der Waals surface area contributed by atoms with Gasteiger partial charge >= 0.3 is 0 Å². The Morgan fingerprint density at radius 1 is 1.32 bits per heavy atom. The third kappa shape index (κ3) is 3.98. The first kappa shape index (κ1) is 14.4. The second-order valence-electron chi connectivity index (χ2n) is 5.19. The second-order valence-corrected chi connectivity index (χ2v) is 5.19. The van der Waals surface area contributed by atoms with Gasteiger partial charge in [0.05, 0.1) is 0 Å².